The van der Waals surface area contributed by atoms with Gasteiger partial charge in [0, 0.05) is 6.20 Å². The van der Waals surface area contributed by atoms with Gasteiger partial charge in [-0.1, -0.05) is 11.6 Å². The summed E-state index contributed by atoms with van der Waals surface area (Å²) < 4.78 is 28.2. The third-order valence-electron chi connectivity index (χ3n) is 1.66. The Bertz CT molecular complexity index is 443. The van der Waals surface area contributed by atoms with Gasteiger partial charge in [-0.05, 0) is 26.8 Å². The molecule has 6 heteroatoms. The van der Waals surface area contributed by atoms with E-state index in [1.54, 1.807) is 20.8 Å². The molecule has 0 aliphatic carbocycles. The van der Waals surface area contributed by atoms with Gasteiger partial charge in [0.1, 0.15) is 16.7 Å². The van der Waals surface area contributed by atoms with Crippen molar-refractivity contribution in [3.8, 4) is 0 Å². The zero-order chi connectivity index (χ0) is 12.3. The maximum atomic E-state index is 13.4. The first kappa shape index (κ1) is 13.3. The fraction of sp³-hybridized carbons (Fsp3) is 0.400. The topological polar surface area (TPSA) is 42.3 Å². The molecular formula is C10H12ClFN2OS. The molecule has 0 aliphatic rings. The number of aromatic nitrogens is 1. The summed E-state index contributed by atoms with van der Waals surface area (Å²) >= 11 is 5.57. The van der Waals surface area contributed by atoms with Crippen molar-refractivity contribution in [2.45, 2.75) is 25.5 Å². The second kappa shape index (κ2) is 5.01. The second-order valence-corrected chi connectivity index (χ2v) is 6.43. The minimum Gasteiger partial charge on any atom is -0.252 e. The first-order valence-electron chi connectivity index (χ1n) is 4.58. The Morgan fingerprint density at radius 3 is 2.75 bits per heavy atom. The molecule has 0 fully saturated rings. The smallest absolute Gasteiger partial charge is 0.169 e. The second-order valence-electron chi connectivity index (χ2n) is 4.09. The van der Waals surface area contributed by atoms with E-state index in [1.165, 1.54) is 12.3 Å². The molecule has 88 valence electrons. The lowest BCUT2D eigenvalue weighted by Crippen LogP contribution is -2.19. The van der Waals surface area contributed by atoms with Crippen molar-refractivity contribution >= 4 is 28.8 Å². The molecule has 1 unspecified atom stereocenters. The number of hydrogen-bond donors (Lipinski definition) is 0. The average Bonchev–Trinajstić information content (AvgIpc) is 2.18. The van der Waals surface area contributed by atoms with E-state index >= 15 is 0 Å². The summed E-state index contributed by atoms with van der Waals surface area (Å²) in [6.45, 7) is 5.34. The van der Waals surface area contributed by atoms with Gasteiger partial charge >= 0.3 is 0 Å². The molecule has 0 radical (unpaired) electrons. The van der Waals surface area contributed by atoms with E-state index < -0.39 is 21.5 Å². The van der Waals surface area contributed by atoms with Crippen molar-refractivity contribution in [3.05, 3.63) is 28.8 Å². The first-order valence-corrected chi connectivity index (χ1v) is 6.07. The maximum Gasteiger partial charge on any atom is 0.169 e. The van der Waals surface area contributed by atoms with Crippen molar-refractivity contribution in [1.29, 1.82) is 0 Å². The number of halogens is 2. The highest BCUT2D eigenvalue weighted by molar-refractivity contribution is 7.85. The Morgan fingerprint density at radius 1 is 1.56 bits per heavy atom. The number of hydrogen-bond acceptors (Lipinski definition) is 2. The van der Waals surface area contributed by atoms with E-state index in [2.05, 4.69) is 9.38 Å². The lowest BCUT2D eigenvalue weighted by atomic mass is 10.3. The first-order chi connectivity index (χ1) is 7.32. The third kappa shape index (κ3) is 3.35. The normalized spacial score (nSPS) is 14.3. The molecule has 1 rings (SSSR count). The van der Waals surface area contributed by atoms with Crippen LogP contribution in [0, 0.1) is 5.82 Å². The quantitative estimate of drug-likeness (QED) is 0.769. The van der Waals surface area contributed by atoms with E-state index in [0.29, 0.717) is 0 Å². The van der Waals surface area contributed by atoms with Gasteiger partial charge in [0.2, 0.25) is 0 Å². The van der Waals surface area contributed by atoms with Crippen molar-refractivity contribution < 1.29 is 8.60 Å². The van der Waals surface area contributed by atoms with E-state index in [-0.39, 0.29) is 10.7 Å². The summed E-state index contributed by atoms with van der Waals surface area (Å²) in [7, 11) is -1.43. The Hall–Kier alpha value is -0.810. The van der Waals surface area contributed by atoms with Crippen LogP contribution in [0.2, 0.25) is 5.02 Å². The Balaban J connectivity index is 2.94. The van der Waals surface area contributed by atoms with Gasteiger partial charge in [0.25, 0.3) is 0 Å². The van der Waals surface area contributed by atoms with Gasteiger partial charge in [0.05, 0.1) is 16.0 Å². The molecule has 16 heavy (non-hydrogen) atoms. The minimum absolute atomic E-state index is 0.00917. The highest BCUT2D eigenvalue weighted by Crippen LogP contribution is 2.15. The molecule has 0 spiro atoms. The van der Waals surface area contributed by atoms with Gasteiger partial charge in [0.15, 0.2) is 5.82 Å². The summed E-state index contributed by atoms with van der Waals surface area (Å²) in [6, 6.07) is 1.34. The predicted molar refractivity (Wildman–Crippen MR) is 64.7 cm³/mol. The number of pyridine rings is 1. The monoisotopic (exact) mass is 262 g/mol. The zero-order valence-corrected chi connectivity index (χ0v) is 10.8. The lowest BCUT2D eigenvalue weighted by Gasteiger charge is -2.12. The molecule has 0 aliphatic heterocycles. The molecule has 0 N–H and O–H groups in total. The molecule has 0 amide bonds. The summed E-state index contributed by atoms with van der Waals surface area (Å²) in [5.41, 5.74) is -0.00917. The highest BCUT2D eigenvalue weighted by Gasteiger charge is 2.18. The Labute approximate surface area is 101 Å². The third-order valence-corrected chi connectivity index (χ3v) is 3.30. The van der Waals surface area contributed by atoms with Crippen LogP contribution in [0.3, 0.4) is 0 Å². The standard InChI is InChI=1S/C10H12ClFN2OS/c1-10(2,3)16(15)14-6-8-9(12)7(11)4-5-13-8/h4-6H,1-3H3. The fourth-order valence-electron chi connectivity index (χ4n) is 0.781. The van der Waals surface area contributed by atoms with Gasteiger partial charge < -0.3 is 0 Å². The Morgan fingerprint density at radius 2 is 2.19 bits per heavy atom. The van der Waals surface area contributed by atoms with Crippen LogP contribution in [-0.4, -0.2) is 20.2 Å². The molecule has 0 saturated carbocycles. The van der Waals surface area contributed by atoms with E-state index in [4.69, 9.17) is 11.6 Å². The van der Waals surface area contributed by atoms with Crippen LogP contribution in [0.5, 0.6) is 0 Å². The van der Waals surface area contributed by atoms with E-state index in [9.17, 15) is 8.60 Å². The van der Waals surface area contributed by atoms with Crippen molar-refractivity contribution in [2.75, 3.05) is 0 Å². The summed E-state index contributed by atoms with van der Waals surface area (Å²) in [5, 5.41) is -0.0296. The molecule has 1 heterocycles. The average molecular weight is 263 g/mol. The number of rotatable bonds is 2. The van der Waals surface area contributed by atoms with Gasteiger partial charge in [-0.2, -0.15) is 4.40 Å². The van der Waals surface area contributed by atoms with Crippen molar-refractivity contribution in [2.24, 2.45) is 4.40 Å². The summed E-state index contributed by atoms with van der Waals surface area (Å²) in [4.78, 5) is 3.75. The Kier molecular flexibility index (Phi) is 4.15. The van der Waals surface area contributed by atoms with Crippen LogP contribution in [-0.2, 0) is 11.0 Å². The highest BCUT2D eigenvalue weighted by atomic mass is 35.5. The fourth-order valence-corrected chi connectivity index (χ4v) is 1.45. The summed E-state index contributed by atoms with van der Waals surface area (Å²) in [6.07, 6.45) is 2.51. The van der Waals surface area contributed by atoms with Gasteiger partial charge in [-0.3, -0.25) is 4.98 Å². The van der Waals surface area contributed by atoms with Crippen LogP contribution in [0.4, 0.5) is 4.39 Å². The lowest BCUT2D eigenvalue weighted by molar-refractivity contribution is 0.619. The SMILES string of the molecule is CC(C)(C)S(=O)N=Cc1nccc(Cl)c1F. The van der Waals surface area contributed by atoms with Crippen molar-refractivity contribution in [1.82, 2.24) is 4.98 Å². The molecule has 1 aromatic heterocycles. The molecule has 1 atom stereocenters. The van der Waals surface area contributed by atoms with E-state index in [1.807, 2.05) is 0 Å². The van der Waals surface area contributed by atoms with Crippen molar-refractivity contribution in [3.63, 3.8) is 0 Å². The maximum absolute atomic E-state index is 13.4. The summed E-state index contributed by atoms with van der Waals surface area (Å²) in [5.74, 6) is -0.654. The molecule has 0 aromatic carbocycles. The zero-order valence-electron chi connectivity index (χ0n) is 9.20. The van der Waals surface area contributed by atoms with Gasteiger partial charge in [-0.25, -0.2) is 8.60 Å². The predicted octanol–water partition coefficient (Wildman–Crippen LogP) is 2.76. The molecule has 0 bridgehead atoms. The van der Waals surface area contributed by atoms with Crippen LogP contribution < -0.4 is 0 Å². The van der Waals surface area contributed by atoms with Gasteiger partial charge in [-0.15, -0.1) is 0 Å². The minimum atomic E-state index is -1.43. The molecule has 3 nitrogen and oxygen atoms in total. The van der Waals surface area contributed by atoms with Crippen LogP contribution in [0.15, 0.2) is 16.7 Å². The van der Waals surface area contributed by atoms with E-state index in [0.717, 1.165) is 6.21 Å². The molecule has 1 aromatic rings. The molecular weight excluding hydrogens is 251 g/mol. The van der Waals surface area contributed by atoms with Crippen LogP contribution in [0.1, 0.15) is 26.5 Å². The molecule has 0 saturated heterocycles. The van der Waals surface area contributed by atoms with Crippen LogP contribution in [0.25, 0.3) is 0 Å². The van der Waals surface area contributed by atoms with Crippen LogP contribution >= 0.6 is 11.6 Å². The largest absolute Gasteiger partial charge is 0.252 e. The number of nitrogens with zero attached hydrogens (tertiary/aromatic N) is 2.